The fourth-order valence-corrected chi connectivity index (χ4v) is 4.00. The van der Waals surface area contributed by atoms with E-state index >= 15 is 0 Å². The van der Waals surface area contributed by atoms with Crippen LogP contribution >= 0.6 is 0 Å². The first kappa shape index (κ1) is 10.6. The summed E-state index contributed by atoms with van der Waals surface area (Å²) in [6.07, 6.45) is 13.2. The predicted octanol–water partition coefficient (Wildman–Crippen LogP) is 4.46. The average molecular weight is 236 g/mol. The Morgan fingerprint density at radius 3 is 2.72 bits per heavy atom. The van der Waals surface area contributed by atoms with Crippen LogP contribution in [0.5, 0.6) is 0 Å². The molecule has 0 aromatic heterocycles. The summed E-state index contributed by atoms with van der Waals surface area (Å²) in [6, 6.07) is 9.00. The minimum Gasteiger partial charge on any atom is -0.0738 e. The molecule has 3 aliphatic rings. The van der Waals surface area contributed by atoms with E-state index in [4.69, 9.17) is 0 Å². The van der Waals surface area contributed by atoms with E-state index in [-0.39, 0.29) is 0 Å². The topological polar surface area (TPSA) is 0 Å². The van der Waals surface area contributed by atoms with Crippen molar-refractivity contribution in [2.45, 2.75) is 38.5 Å². The largest absolute Gasteiger partial charge is 0.0738 e. The molecule has 0 nitrogen and oxygen atoms in total. The second kappa shape index (κ2) is 4.12. The second-order valence-corrected chi connectivity index (χ2v) is 6.09. The van der Waals surface area contributed by atoms with Gasteiger partial charge in [-0.2, -0.15) is 0 Å². The molecule has 0 heteroatoms. The van der Waals surface area contributed by atoms with Crippen LogP contribution in [0.1, 0.15) is 36.8 Å². The van der Waals surface area contributed by atoms with Gasteiger partial charge >= 0.3 is 0 Å². The van der Waals surface area contributed by atoms with Crippen molar-refractivity contribution in [3.63, 3.8) is 0 Å². The molecule has 0 heterocycles. The number of benzene rings is 1. The molecule has 1 fully saturated rings. The number of hydrogen-bond acceptors (Lipinski definition) is 0. The molecule has 0 amide bonds. The van der Waals surface area contributed by atoms with Crippen LogP contribution < -0.4 is 0 Å². The van der Waals surface area contributed by atoms with Crippen molar-refractivity contribution in [3.05, 3.63) is 58.7 Å². The Balaban J connectivity index is 1.59. The van der Waals surface area contributed by atoms with Gasteiger partial charge in [-0.3, -0.25) is 0 Å². The van der Waals surface area contributed by atoms with E-state index in [1.54, 1.807) is 22.3 Å². The number of aryl methyl sites for hydroxylation is 1. The van der Waals surface area contributed by atoms with Gasteiger partial charge in [-0.15, -0.1) is 0 Å². The van der Waals surface area contributed by atoms with Gasteiger partial charge < -0.3 is 0 Å². The quantitative estimate of drug-likeness (QED) is 0.675. The van der Waals surface area contributed by atoms with Crippen LogP contribution in [0, 0.1) is 11.8 Å². The van der Waals surface area contributed by atoms with Gasteiger partial charge in [-0.1, -0.05) is 42.0 Å². The lowest BCUT2D eigenvalue weighted by atomic mass is 9.80. The molecule has 0 N–H and O–H groups in total. The standard InChI is InChI=1S/C18H20/c1-2-5-14-10-17(9-8-13(14)4-1)18-11-15-6-3-7-16(15)12-18/h1-2,4-5,11-12,15,17H,3,6-10H2. The average Bonchev–Trinajstić information content (AvgIpc) is 2.99. The van der Waals surface area contributed by atoms with E-state index in [0.29, 0.717) is 0 Å². The zero-order valence-corrected chi connectivity index (χ0v) is 10.9. The lowest BCUT2D eigenvalue weighted by Crippen LogP contribution is -2.15. The molecule has 0 saturated heterocycles. The first-order valence-electron chi connectivity index (χ1n) is 7.39. The lowest BCUT2D eigenvalue weighted by Gasteiger charge is -2.25. The second-order valence-electron chi connectivity index (χ2n) is 6.09. The van der Waals surface area contributed by atoms with Crippen LogP contribution in [0.3, 0.4) is 0 Å². The van der Waals surface area contributed by atoms with Crippen molar-refractivity contribution in [2.24, 2.45) is 11.8 Å². The van der Waals surface area contributed by atoms with E-state index in [2.05, 4.69) is 36.4 Å². The Labute approximate surface area is 109 Å². The summed E-state index contributed by atoms with van der Waals surface area (Å²) in [7, 11) is 0. The third-order valence-electron chi connectivity index (χ3n) is 5.02. The van der Waals surface area contributed by atoms with Crippen LogP contribution in [0.15, 0.2) is 47.6 Å². The third-order valence-corrected chi connectivity index (χ3v) is 5.02. The Morgan fingerprint density at radius 2 is 1.83 bits per heavy atom. The van der Waals surface area contributed by atoms with Crippen molar-refractivity contribution in [3.8, 4) is 0 Å². The summed E-state index contributed by atoms with van der Waals surface area (Å²) in [5.41, 5.74) is 6.55. The van der Waals surface area contributed by atoms with Crippen molar-refractivity contribution >= 4 is 0 Å². The highest BCUT2D eigenvalue weighted by Crippen LogP contribution is 2.42. The summed E-state index contributed by atoms with van der Waals surface area (Å²) in [5.74, 6) is 1.61. The van der Waals surface area contributed by atoms with E-state index in [0.717, 1.165) is 11.8 Å². The Kier molecular flexibility index (Phi) is 2.43. The minimum atomic E-state index is 0.790. The molecule has 1 aromatic rings. The molecule has 0 radical (unpaired) electrons. The van der Waals surface area contributed by atoms with Crippen LogP contribution in [-0.2, 0) is 12.8 Å². The molecule has 18 heavy (non-hydrogen) atoms. The molecule has 0 bridgehead atoms. The van der Waals surface area contributed by atoms with Gasteiger partial charge in [0.2, 0.25) is 0 Å². The Bertz CT molecular complexity index is 533. The van der Waals surface area contributed by atoms with Gasteiger partial charge in [0.15, 0.2) is 0 Å². The zero-order valence-electron chi connectivity index (χ0n) is 10.9. The number of rotatable bonds is 1. The van der Waals surface area contributed by atoms with Crippen molar-refractivity contribution in [1.29, 1.82) is 0 Å². The maximum Gasteiger partial charge on any atom is -0.00140 e. The molecular formula is C18H20. The highest BCUT2D eigenvalue weighted by Gasteiger charge is 2.28. The van der Waals surface area contributed by atoms with Crippen molar-refractivity contribution in [2.75, 3.05) is 0 Å². The fourth-order valence-electron chi connectivity index (χ4n) is 4.00. The van der Waals surface area contributed by atoms with Crippen LogP contribution in [0.25, 0.3) is 0 Å². The Morgan fingerprint density at radius 1 is 0.944 bits per heavy atom. The molecule has 1 saturated carbocycles. The summed E-state index contributed by atoms with van der Waals surface area (Å²) in [6.45, 7) is 0. The summed E-state index contributed by atoms with van der Waals surface area (Å²) in [4.78, 5) is 0. The lowest BCUT2D eigenvalue weighted by molar-refractivity contribution is 0.533. The smallest absolute Gasteiger partial charge is 0.00140 e. The zero-order chi connectivity index (χ0) is 11.9. The van der Waals surface area contributed by atoms with E-state index in [9.17, 15) is 0 Å². The van der Waals surface area contributed by atoms with Gasteiger partial charge in [0.1, 0.15) is 0 Å². The Hall–Kier alpha value is -1.30. The SMILES string of the molecule is C1=C2CCCC2C=C1C1CCc2ccccc2C1. The van der Waals surface area contributed by atoms with Crippen LogP contribution in [0.2, 0.25) is 0 Å². The molecule has 1 aromatic carbocycles. The molecule has 0 spiro atoms. The van der Waals surface area contributed by atoms with Gasteiger partial charge in [0, 0.05) is 0 Å². The highest BCUT2D eigenvalue weighted by atomic mass is 14.3. The molecule has 92 valence electrons. The monoisotopic (exact) mass is 236 g/mol. The van der Waals surface area contributed by atoms with Gasteiger partial charge in [0.05, 0.1) is 0 Å². The third kappa shape index (κ3) is 1.67. The summed E-state index contributed by atoms with van der Waals surface area (Å²) in [5, 5.41) is 0. The molecular weight excluding hydrogens is 216 g/mol. The fraction of sp³-hybridized carbons (Fsp3) is 0.444. The maximum atomic E-state index is 2.58. The molecule has 0 aliphatic heterocycles. The van der Waals surface area contributed by atoms with Gasteiger partial charge in [-0.25, -0.2) is 0 Å². The molecule has 2 unspecified atom stereocenters. The number of hydrogen-bond donors (Lipinski definition) is 0. The first-order valence-corrected chi connectivity index (χ1v) is 7.39. The minimum absolute atomic E-state index is 0.790. The van der Waals surface area contributed by atoms with Crippen LogP contribution in [0.4, 0.5) is 0 Å². The molecule has 2 atom stereocenters. The van der Waals surface area contributed by atoms with Crippen molar-refractivity contribution in [1.82, 2.24) is 0 Å². The van der Waals surface area contributed by atoms with Gasteiger partial charge in [0.25, 0.3) is 0 Å². The number of fused-ring (bicyclic) bond motifs is 2. The first-order chi connectivity index (χ1) is 8.90. The van der Waals surface area contributed by atoms with Crippen molar-refractivity contribution < 1.29 is 0 Å². The molecule has 3 aliphatic carbocycles. The highest BCUT2D eigenvalue weighted by molar-refractivity contribution is 5.41. The predicted molar refractivity (Wildman–Crippen MR) is 75.5 cm³/mol. The van der Waals surface area contributed by atoms with E-state index < -0.39 is 0 Å². The van der Waals surface area contributed by atoms with E-state index in [1.165, 1.54) is 38.5 Å². The number of allylic oxidation sites excluding steroid dienone is 4. The van der Waals surface area contributed by atoms with Gasteiger partial charge in [-0.05, 0) is 67.1 Å². The van der Waals surface area contributed by atoms with Crippen LogP contribution in [-0.4, -0.2) is 0 Å². The summed E-state index contributed by atoms with van der Waals surface area (Å²) >= 11 is 0. The normalized spacial score (nSPS) is 29.6. The maximum absolute atomic E-state index is 2.58. The summed E-state index contributed by atoms with van der Waals surface area (Å²) < 4.78 is 0. The molecule has 4 rings (SSSR count). The van der Waals surface area contributed by atoms with E-state index in [1.807, 2.05) is 0 Å².